The van der Waals surface area contributed by atoms with Gasteiger partial charge in [-0.25, -0.2) is 0 Å². The number of nitrogens with zero attached hydrogens (tertiary/aromatic N) is 3. The Kier molecular flexibility index (Phi) is 4.78. The van der Waals surface area contributed by atoms with Gasteiger partial charge in [-0.05, 0) is 38.8 Å². The molecule has 0 saturated carbocycles. The molecule has 4 heteroatoms. The molecule has 2 heterocycles. The average molecular weight is 250 g/mol. The second-order valence-corrected chi connectivity index (χ2v) is 5.15. The largest absolute Gasteiger partial charge is 0.329 e. The van der Waals surface area contributed by atoms with Gasteiger partial charge in [0.15, 0.2) is 0 Å². The van der Waals surface area contributed by atoms with Crippen molar-refractivity contribution in [3.63, 3.8) is 0 Å². The number of aromatic nitrogens is 2. The molecule has 2 rings (SSSR count). The van der Waals surface area contributed by atoms with Gasteiger partial charge in [0, 0.05) is 25.7 Å². The topological polar surface area (TPSA) is 47.1 Å². The Bertz CT molecular complexity index is 372. The molecule has 0 spiro atoms. The summed E-state index contributed by atoms with van der Waals surface area (Å²) in [5.41, 5.74) is 8.43. The van der Waals surface area contributed by atoms with E-state index in [1.54, 1.807) is 0 Å². The first-order valence-corrected chi connectivity index (χ1v) is 7.28. The summed E-state index contributed by atoms with van der Waals surface area (Å²) in [7, 11) is 0. The van der Waals surface area contributed by atoms with E-state index >= 15 is 0 Å². The highest BCUT2D eigenvalue weighted by molar-refractivity contribution is 5.11. The van der Waals surface area contributed by atoms with Crippen LogP contribution in [0, 0.1) is 0 Å². The SMILES string of the molecule is CCc1cc(CN2CCCCC2CN)n(CC)n1. The molecule has 1 aromatic heterocycles. The summed E-state index contributed by atoms with van der Waals surface area (Å²) < 4.78 is 2.14. The van der Waals surface area contributed by atoms with Crippen molar-refractivity contribution in [1.82, 2.24) is 14.7 Å². The first-order valence-electron chi connectivity index (χ1n) is 7.28. The minimum Gasteiger partial charge on any atom is -0.329 e. The third-order valence-corrected chi connectivity index (χ3v) is 3.96. The van der Waals surface area contributed by atoms with Crippen molar-refractivity contribution in [3.05, 3.63) is 17.5 Å². The number of aryl methyl sites for hydroxylation is 2. The molecule has 0 aliphatic carbocycles. The minimum absolute atomic E-state index is 0.559. The van der Waals surface area contributed by atoms with Crippen molar-refractivity contribution in [2.24, 2.45) is 5.73 Å². The van der Waals surface area contributed by atoms with E-state index in [2.05, 4.69) is 34.6 Å². The number of nitrogens with two attached hydrogens (primary N) is 1. The van der Waals surface area contributed by atoms with Crippen LogP contribution in [0.4, 0.5) is 0 Å². The molecule has 1 unspecified atom stereocenters. The van der Waals surface area contributed by atoms with Crippen LogP contribution in [0.5, 0.6) is 0 Å². The maximum Gasteiger partial charge on any atom is 0.0625 e. The van der Waals surface area contributed by atoms with Gasteiger partial charge in [0.1, 0.15) is 0 Å². The van der Waals surface area contributed by atoms with Crippen molar-refractivity contribution in [2.45, 2.75) is 58.7 Å². The molecule has 1 atom stereocenters. The Morgan fingerprint density at radius 3 is 2.89 bits per heavy atom. The van der Waals surface area contributed by atoms with E-state index in [1.807, 2.05) is 0 Å². The molecule has 0 amide bonds. The summed E-state index contributed by atoms with van der Waals surface area (Å²) in [6.45, 7) is 8.24. The smallest absolute Gasteiger partial charge is 0.0625 e. The highest BCUT2D eigenvalue weighted by atomic mass is 15.3. The highest BCUT2D eigenvalue weighted by Crippen LogP contribution is 2.19. The molecule has 4 nitrogen and oxygen atoms in total. The molecule has 18 heavy (non-hydrogen) atoms. The molecule has 1 fully saturated rings. The zero-order valence-electron chi connectivity index (χ0n) is 11.7. The number of hydrogen-bond acceptors (Lipinski definition) is 3. The first kappa shape index (κ1) is 13.6. The van der Waals surface area contributed by atoms with Gasteiger partial charge in [0.25, 0.3) is 0 Å². The van der Waals surface area contributed by atoms with E-state index in [0.29, 0.717) is 6.04 Å². The van der Waals surface area contributed by atoms with Crippen molar-refractivity contribution in [2.75, 3.05) is 13.1 Å². The Hall–Kier alpha value is -0.870. The highest BCUT2D eigenvalue weighted by Gasteiger charge is 2.22. The minimum atomic E-state index is 0.559. The molecule has 2 N–H and O–H groups in total. The lowest BCUT2D eigenvalue weighted by Gasteiger charge is -2.34. The van der Waals surface area contributed by atoms with Crippen LogP contribution in [-0.2, 0) is 19.5 Å². The molecule has 1 aliphatic rings. The lowest BCUT2D eigenvalue weighted by atomic mass is 10.0. The van der Waals surface area contributed by atoms with Crippen LogP contribution in [0.25, 0.3) is 0 Å². The van der Waals surface area contributed by atoms with Crippen LogP contribution in [0.3, 0.4) is 0 Å². The molecular weight excluding hydrogens is 224 g/mol. The first-order chi connectivity index (χ1) is 8.78. The number of hydrogen-bond donors (Lipinski definition) is 1. The van der Waals surface area contributed by atoms with E-state index < -0.39 is 0 Å². The molecule has 0 radical (unpaired) electrons. The average Bonchev–Trinajstić information content (AvgIpc) is 2.81. The molecule has 102 valence electrons. The third kappa shape index (κ3) is 2.93. The van der Waals surface area contributed by atoms with E-state index in [1.165, 1.54) is 37.2 Å². The van der Waals surface area contributed by atoms with Crippen molar-refractivity contribution in [1.29, 1.82) is 0 Å². The van der Waals surface area contributed by atoms with Gasteiger partial charge in [-0.3, -0.25) is 9.58 Å². The van der Waals surface area contributed by atoms with Gasteiger partial charge < -0.3 is 5.73 Å². The summed E-state index contributed by atoms with van der Waals surface area (Å²) in [5.74, 6) is 0. The van der Waals surface area contributed by atoms with Gasteiger partial charge in [0.2, 0.25) is 0 Å². The summed E-state index contributed by atoms with van der Waals surface area (Å²) in [4.78, 5) is 2.53. The van der Waals surface area contributed by atoms with Crippen molar-refractivity contribution >= 4 is 0 Å². The number of rotatable bonds is 5. The van der Waals surface area contributed by atoms with Gasteiger partial charge in [0.05, 0.1) is 11.4 Å². The molecule has 0 aromatic carbocycles. The normalized spacial score (nSPS) is 21.4. The van der Waals surface area contributed by atoms with Crippen LogP contribution >= 0.6 is 0 Å². The Labute approximate surface area is 110 Å². The molecular formula is C14H26N4. The van der Waals surface area contributed by atoms with Gasteiger partial charge in [-0.1, -0.05) is 13.3 Å². The molecule has 1 aromatic rings. The standard InChI is InChI=1S/C14H26N4/c1-3-12-9-14(18(4-2)16-12)11-17-8-6-5-7-13(17)10-15/h9,13H,3-8,10-11,15H2,1-2H3. The van der Waals surface area contributed by atoms with Crippen LogP contribution in [0.2, 0.25) is 0 Å². The Balaban J connectivity index is 2.09. The summed E-state index contributed by atoms with van der Waals surface area (Å²) >= 11 is 0. The second kappa shape index (κ2) is 6.34. The van der Waals surface area contributed by atoms with Crippen molar-refractivity contribution in [3.8, 4) is 0 Å². The fraction of sp³-hybridized carbons (Fsp3) is 0.786. The monoisotopic (exact) mass is 250 g/mol. The van der Waals surface area contributed by atoms with Crippen LogP contribution in [0.1, 0.15) is 44.5 Å². The van der Waals surface area contributed by atoms with E-state index in [-0.39, 0.29) is 0 Å². The zero-order valence-corrected chi connectivity index (χ0v) is 11.7. The van der Waals surface area contributed by atoms with Crippen molar-refractivity contribution < 1.29 is 0 Å². The quantitative estimate of drug-likeness (QED) is 0.866. The van der Waals surface area contributed by atoms with Gasteiger partial charge >= 0.3 is 0 Å². The zero-order chi connectivity index (χ0) is 13.0. The summed E-state index contributed by atoms with van der Waals surface area (Å²) in [6.07, 6.45) is 4.89. The van der Waals surface area contributed by atoms with E-state index in [9.17, 15) is 0 Å². The lowest BCUT2D eigenvalue weighted by Crippen LogP contribution is -2.43. The summed E-state index contributed by atoms with van der Waals surface area (Å²) in [6, 6.07) is 2.81. The lowest BCUT2D eigenvalue weighted by molar-refractivity contribution is 0.141. The number of likely N-dealkylation sites (tertiary alicyclic amines) is 1. The van der Waals surface area contributed by atoms with Gasteiger partial charge in [-0.2, -0.15) is 5.10 Å². The Morgan fingerprint density at radius 2 is 2.22 bits per heavy atom. The van der Waals surface area contributed by atoms with Gasteiger partial charge in [-0.15, -0.1) is 0 Å². The summed E-state index contributed by atoms with van der Waals surface area (Å²) in [5, 5.41) is 4.62. The third-order valence-electron chi connectivity index (χ3n) is 3.96. The van der Waals surface area contributed by atoms with E-state index in [4.69, 9.17) is 5.73 Å². The predicted molar refractivity (Wildman–Crippen MR) is 74.4 cm³/mol. The molecule has 0 bridgehead atoms. The fourth-order valence-electron chi connectivity index (χ4n) is 2.83. The maximum atomic E-state index is 5.89. The van der Waals surface area contributed by atoms with Crippen LogP contribution < -0.4 is 5.73 Å². The predicted octanol–water partition coefficient (Wildman–Crippen LogP) is 1.78. The molecule has 1 aliphatic heterocycles. The fourth-order valence-corrected chi connectivity index (χ4v) is 2.83. The van der Waals surface area contributed by atoms with Crippen LogP contribution in [-0.4, -0.2) is 33.8 Å². The molecule has 1 saturated heterocycles. The Morgan fingerprint density at radius 1 is 1.39 bits per heavy atom. The number of piperidine rings is 1. The second-order valence-electron chi connectivity index (χ2n) is 5.15. The maximum absolute atomic E-state index is 5.89. The van der Waals surface area contributed by atoms with Crippen LogP contribution in [0.15, 0.2) is 6.07 Å². The van der Waals surface area contributed by atoms with E-state index in [0.717, 1.165) is 26.1 Å².